The summed E-state index contributed by atoms with van der Waals surface area (Å²) in [6, 6.07) is 2.72. The molecule has 236 valence electrons. The summed E-state index contributed by atoms with van der Waals surface area (Å²) in [4.78, 5) is 46.1. The molecule has 7 rings (SSSR count). The van der Waals surface area contributed by atoms with E-state index < -0.39 is 56.2 Å². The molecule has 4 saturated carbocycles. The van der Waals surface area contributed by atoms with E-state index in [2.05, 4.69) is 6.92 Å². The number of fused-ring (bicyclic) bond motifs is 1. The van der Waals surface area contributed by atoms with Crippen LogP contribution in [-0.4, -0.2) is 64.2 Å². The molecule has 2 aliphatic heterocycles. The van der Waals surface area contributed by atoms with Gasteiger partial charge in [-0.25, -0.2) is 9.59 Å². The Balaban J connectivity index is 1.15. The molecule has 13 heteroatoms. The number of cyclic esters (lactones) is 1. The second-order valence-corrected chi connectivity index (χ2v) is 13.8. The fraction of sp³-hybridized carbons (Fsp3) is 0.677. The van der Waals surface area contributed by atoms with Crippen molar-refractivity contribution < 1.29 is 43.5 Å². The summed E-state index contributed by atoms with van der Waals surface area (Å²) in [5, 5.41) is 35.1. The summed E-state index contributed by atoms with van der Waals surface area (Å²) >= 11 is 0. The van der Waals surface area contributed by atoms with Crippen molar-refractivity contribution in [3.63, 3.8) is 0 Å². The fourth-order valence-corrected chi connectivity index (χ4v) is 10.6. The van der Waals surface area contributed by atoms with E-state index in [1.54, 1.807) is 13.2 Å². The van der Waals surface area contributed by atoms with Gasteiger partial charge in [-0.1, -0.05) is 6.92 Å². The van der Waals surface area contributed by atoms with Gasteiger partial charge in [0.2, 0.25) is 0 Å². The van der Waals surface area contributed by atoms with Crippen LogP contribution in [0.25, 0.3) is 0 Å². The lowest BCUT2D eigenvalue weighted by Crippen LogP contribution is -2.67. The van der Waals surface area contributed by atoms with E-state index in [1.165, 1.54) is 0 Å². The van der Waals surface area contributed by atoms with Crippen LogP contribution in [0.4, 0.5) is 11.4 Å². The van der Waals surface area contributed by atoms with Gasteiger partial charge in [0.25, 0.3) is 11.4 Å². The van der Waals surface area contributed by atoms with Crippen LogP contribution in [0.1, 0.15) is 75.1 Å². The maximum Gasteiger partial charge on any atom is 0.338 e. The van der Waals surface area contributed by atoms with Crippen LogP contribution in [0.15, 0.2) is 29.8 Å². The number of rotatable bonds is 6. The normalized spacial score (nSPS) is 42.0. The average Bonchev–Trinajstić information content (AvgIpc) is 3.63. The lowest BCUT2D eigenvalue weighted by Gasteiger charge is -2.63. The number of esters is 2. The van der Waals surface area contributed by atoms with Crippen molar-refractivity contribution in [2.24, 2.45) is 28.6 Å². The highest BCUT2D eigenvalue weighted by Crippen LogP contribution is 2.76. The van der Waals surface area contributed by atoms with Crippen LogP contribution in [0.2, 0.25) is 0 Å². The molecule has 1 N–H and O–H groups in total. The number of non-ortho nitro benzene ring substituents is 2. The van der Waals surface area contributed by atoms with Gasteiger partial charge in [-0.2, -0.15) is 0 Å². The smallest absolute Gasteiger partial charge is 0.338 e. The summed E-state index contributed by atoms with van der Waals surface area (Å²) in [7, 11) is 1.60. The SMILES string of the molecule is CO[C@H]1O[C@]23CC[C@@]4(O)C[C@@H](OC(=O)c5cc([N+](=O)[O-])cc([N+](=O)[O-])c5)CC[C@]14[C@@H]2CC[C@@]1(C)[C@H](C2=CC(=O)OC2)CC[C@@H]13. The van der Waals surface area contributed by atoms with Crippen molar-refractivity contribution in [3.05, 3.63) is 55.6 Å². The first-order valence-electron chi connectivity index (χ1n) is 15.3. The topological polar surface area (TPSA) is 178 Å². The molecule has 0 aromatic heterocycles. The number of methoxy groups -OCH3 is 1. The van der Waals surface area contributed by atoms with Crippen molar-refractivity contribution in [3.8, 4) is 0 Å². The number of carbonyl (C=O) groups is 2. The van der Waals surface area contributed by atoms with E-state index in [0.717, 1.165) is 49.5 Å². The lowest BCUT2D eigenvalue weighted by atomic mass is 9.42. The molecule has 0 radical (unpaired) electrons. The molecule has 1 spiro atoms. The third-order valence-electron chi connectivity index (χ3n) is 12.3. The van der Waals surface area contributed by atoms with Crippen LogP contribution in [-0.2, 0) is 23.7 Å². The van der Waals surface area contributed by atoms with E-state index in [4.69, 9.17) is 18.9 Å². The summed E-state index contributed by atoms with van der Waals surface area (Å²) in [5.41, 5.74) is -2.91. The number of nitro groups is 2. The van der Waals surface area contributed by atoms with Gasteiger partial charge in [0, 0.05) is 37.7 Å². The molecule has 2 heterocycles. The third-order valence-corrected chi connectivity index (χ3v) is 12.3. The number of ether oxygens (including phenoxy) is 4. The molecule has 6 aliphatic rings. The minimum absolute atomic E-state index is 0.0297. The average molecular weight is 613 g/mol. The Morgan fingerprint density at radius 1 is 1.00 bits per heavy atom. The fourth-order valence-electron chi connectivity index (χ4n) is 10.6. The molecule has 5 fully saturated rings. The van der Waals surface area contributed by atoms with E-state index in [1.807, 2.05) is 0 Å². The van der Waals surface area contributed by atoms with E-state index in [9.17, 15) is 34.9 Å². The predicted molar refractivity (Wildman–Crippen MR) is 150 cm³/mol. The quantitative estimate of drug-likeness (QED) is 0.274. The molecule has 1 aromatic rings. The molecule has 1 saturated heterocycles. The molecule has 0 amide bonds. The van der Waals surface area contributed by atoms with Gasteiger partial charge in [-0.3, -0.25) is 20.2 Å². The number of aliphatic hydroxyl groups is 1. The maximum absolute atomic E-state index is 13.1. The van der Waals surface area contributed by atoms with E-state index in [-0.39, 0.29) is 41.1 Å². The van der Waals surface area contributed by atoms with Crippen LogP contribution in [0.3, 0.4) is 0 Å². The number of hydrogen-bond donors (Lipinski definition) is 1. The van der Waals surface area contributed by atoms with Crippen LogP contribution < -0.4 is 0 Å². The summed E-state index contributed by atoms with van der Waals surface area (Å²) in [5.74, 6) is -0.708. The largest absolute Gasteiger partial charge is 0.459 e. The minimum atomic E-state index is -1.25. The number of carbonyl (C=O) groups excluding carboxylic acids is 2. The van der Waals surface area contributed by atoms with Gasteiger partial charge in [-0.05, 0) is 74.2 Å². The summed E-state index contributed by atoms with van der Waals surface area (Å²) in [6.07, 6.45) is 6.06. The molecule has 4 aliphatic carbocycles. The highest BCUT2D eigenvalue weighted by molar-refractivity contribution is 5.91. The number of benzene rings is 1. The zero-order chi connectivity index (χ0) is 31.2. The monoisotopic (exact) mass is 612 g/mol. The Morgan fingerprint density at radius 2 is 1.73 bits per heavy atom. The van der Waals surface area contributed by atoms with Crippen LogP contribution in [0.5, 0.6) is 0 Å². The van der Waals surface area contributed by atoms with Gasteiger partial charge < -0.3 is 24.1 Å². The lowest BCUT2D eigenvalue weighted by molar-refractivity contribution is -0.394. The molecular formula is C31H36N2O11. The molecule has 9 atom stereocenters. The number of nitro benzene ring substituents is 2. The number of hydrogen-bond acceptors (Lipinski definition) is 11. The van der Waals surface area contributed by atoms with Crippen LogP contribution in [0, 0.1) is 48.8 Å². The standard InChI is InChI=1S/C31H36N2O11/c1-28-7-6-24-30-8-5-21(43-26(35)17-11-19(32(37)38)14-20(12-17)33(39)40)15-29(30,36)9-10-31(24,44-27(30)41-2)23(28)4-3-22(28)18-13-25(34)42-16-18/h11-14,21-24,27,36H,3-10,15-16H2,1-2H3/t21-,22-,23-,24-,27-,28-,29+,30-,31-/m0/s1. The van der Waals surface area contributed by atoms with Crippen molar-refractivity contribution in [2.75, 3.05) is 13.7 Å². The first kappa shape index (κ1) is 29.3. The molecule has 13 nitrogen and oxygen atoms in total. The zero-order valence-electron chi connectivity index (χ0n) is 24.7. The van der Waals surface area contributed by atoms with Gasteiger partial charge in [-0.15, -0.1) is 0 Å². The zero-order valence-corrected chi connectivity index (χ0v) is 24.7. The summed E-state index contributed by atoms with van der Waals surface area (Å²) < 4.78 is 24.0. The number of nitrogens with zero attached hydrogens (tertiary/aromatic N) is 2. The van der Waals surface area contributed by atoms with Crippen molar-refractivity contribution in [1.29, 1.82) is 0 Å². The Bertz CT molecular complexity index is 1460. The first-order chi connectivity index (χ1) is 20.9. The van der Waals surface area contributed by atoms with E-state index in [0.29, 0.717) is 32.3 Å². The molecular weight excluding hydrogens is 576 g/mol. The highest BCUT2D eigenvalue weighted by atomic mass is 16.7. The second-order valence-electron chi connectivity index (χ2n) is 13.8. The molecule has 44 heavy (non-hydrogen) atoms. The van der Waals surface area contributed by atoms with Crippen molar-refractivity contribution in [2.45, 2.75) is 88.3 Å². The van der Waals surface area contributed by atoms with Gasteiger partial charge in [0.05, 0.1) is 38.1 Å². The van der Waals surface area contributed by atoms with Gasteiger partial charge in [0.15, 0.2) is 6.29 Å². The Hall–Kier alpha value is -3.42. The van der Waals surface area contributed by atoms with Crippen molar-refractivity contribution >= 4 is 23.3 Å². The molecule has 1 aromatic carbocycles. The van der Waals surface area contributed by atoms with Gasteiger partial charge >= 0.3 is 11.9 Å². The van der Waals surface area contributed by atoms with E-state index >= 15 is 0 Å². The summed E-state index contributed by atoms with van der Waals surface area (Å²) in [6.45, 7) is 2.66. The third kappa shape index (κ3) is 3.87. The molecule has 2 bridgehead atoms. The Morgan fingerprint density at radius 3 is 2.36 bits per heavy atom. The highest BCUT2D eigenvalue weighted by Gasteiger charge is 2.79. The maximum atomic E-state index is 13.1. The van der Waals surface area contributed by atoms with Gasteiger partial charge in [0.1, 0.15) is 12.7 Å². The Kier molecular flexibility index (Phi) is 6.52. The predicted octanol–water partition coefficient (Wildman–Crippen LogP) is 4.39. The van der Waals surface area contributed by atoms with Crippen molar-refractivity contribution in [1.82, 2.24) is 0 Å². The second kappa shape index (κ2) is 9.79. The van der Waals surface area contributed by atoms with Crippen LogP contribution >= 0.6 is 0 Å². The minimum Gasteiger partial charge on any atom is -0.459 e. The molecule has 0 unspecified atom stereocenters. The first-order valence-corrected chi connectivity index (χ1v) is 15.3. The Labute approximate surface area is 253 Å².